The molecule has 0 saturated carbocycles. The van der Waals surface area contributed by atoms with Crippen molar-refractivity contribution in [3.05, 3.63) is 52.5 Å². The van der Waals surface area contributed by atoms with E-state index in [-0.39, 0.29) is 11.4 Å². The average Bonchev–Trinajstić information content (AvgIpc) is 2.54. The summed E-state index contributed by atoms with van der Waals surface area (Å²) >= 11 is 3.30. The van der Waals surface area contributed by atoms with Crippen LogP contribution in [0.15, 0.2) is 51.8 Å². The van der Waals surface area contributed by atoms with Gasteiger partial charge in [-0.1, -0.05) is 28.1 Å². The lowest BCUT2D eigenvalue weighted by Gasteiger charge is -2.19. The van der Waals surface area contributed by atoms with E-state index in [9.17, 15) is 8.42 Å². The smallest absolute Gasteiger partial charge is 0.246 e. The highest BCUT2D eigenvalue weighted by molar-refractivity contribution is 9.10. The molecular weight excluding hydrogens is 382 g/mol. The molecule has 0 bridgehead atoms. The van der Waals surface area contributed by atoms with Crippen LogP contribution >= 0.6 is 15.9 Å². The van der Waals surface area contributed by atoms with Gasteiger partial charge in [0.25, 0.3) is 0 Å². The van der Waals surface area contributed by atoms with Gasteiger partial charge in [0.1, 0.15) is 16.4 Å². The molecule has 23 heavy (non-hydrogen) atoms. The fourth-order valence-corrected chi connectivity index (χ4v) is 3.98. The molecule has 5 nitrogen and oxygen atoms in total. The summed E-state index contributed by atoms with van der Waals surface area (Å²) in [5.74, 6) is 0.999. The topological polar surface area (TPSA) is 55.8 Å². The molecule has 2 aromatic rings. The molecule has 0 unspecified atom stereocenters. The minimum absolute atomic E-state index is 0.125. The molecule has 0 aliphatic rings. The summed E-state index contributed by atoms with van der Waals surface area (Å²) in [5.41, 5.74) is 0.837. The van der Waals surface area contributed by atoms with Crippen molar-refractivity contribution in [1.29, 1.82) is 0 Å². The van der Waals surface area contributed by atoms with Crippen LogP contribution in [0.3, 0.4) is 0 Å². The molecule has 0 amide bonds. The maximum Gasteiger partial charge on any atom is 0.246 e. The highest BCUT2D eigenvalue weighted by Crippen LogP contribution is 2.30. The third-order valence-electron chi connectivity index (χ3n) is 3.35. The van der Waals surface area contributed by atoms with Gasteiger partial charge in [-0.15, -0.1) is 0 Å². The average molecular weight is 400 g/mol. The van der Waals surface area contributed by atoms with E-state index < -0.39 is 10.0 Å². The first kappa shape index (κ1) is 17.8. The van der Waals surface area contributed by atoms with Crippen molar-refractivity contribution < 1.29 is 17.9 Å². The highest BCUT2D eigenvalue weighted by atomic mass is 79.9. The van der Waals surface area contributed by atoms with Gasteiger partial charge < -0.3 is 9.47 Å². The Labute approximate surface area is 145 Å². The Hall–Kier alpha value is -1.57. The maximum absolute atomic E-state index is 12.8. The first-order chi connectivity index (χ1) is 10.9. The van der Waals surface area contributed by atoms with Crippen LogP contribution in [0, 0.1) is 0 Å². The summed E-state index contributed by atoms with van der Waals surface area (Å²) in [6.07, 6.45) is 0. The van der Waals surface area contributed by atoms with Crippen LogP contribution in [-0.2, 0) is 16.6 Å². The SMILES string of the molecule is COc1cccc(CN(C)S(=O)(=O)c2cc(Br)ccc2OC)c1. The van der Waals surface area contributed by atoms with E-state index in [1.165, 1.54) is 24.5 Å². The Bertz CT molecular complexity index is 792. The summed E-state index contributed by atoms with van der Waals surface area (Å²) in [5, 5.41) is 0. The third kappa shape index (κ3) is 4.04. The monoisotopic (exact) mass is 399 g/mol. The van der Waals surface area contributed by atoms with Gasteiger partial charge in [-0.05, 0) is 35.9 Å². The van der Waals surface area contributed by atoms with Crippen LogP contribution in [0.25, 0.3) is 0 Å². The maximum atomic E-state index is 12.8. The van der Waals surface area contributed by atoms with Gasteiger partial charge in [0, 0.05) is 18.1 Å². The van der Waals surface area contributed by atoms with Crippen molar-refractivity contribution >= 4 is 26.0 Å². The second-order valence-electron chi connectivity index (χ2n) is 4.91. The predicted octanol–water partition coefficient (Wildman–Crippen LogP) is 3.29. The van der Waals surface area contributed by atoms with Crippen molar-refractivity contribution in [3.8, 4) is 11.5 Å². The highest BCUT2D eigenvalue weighted by Gasteiger charge is 2.25. The lowest BCUT2D eigenvalue weighted by molar-refractivity contribution is 0.397. The second-order valence-corrected chi connectivity index (χ2v) is 7.84. The van der Waals surface area contributed by atoms with Crippen LogP contribution in [-0.4, -0.2) is 34.0 Å². The van der Waals surface area contributed by atoms with Gasteiger partial charge in [-0.25, -0.2) is 8.42 Å². The van der Waals surface area contributed by atoms with Gasteiger partial charge >= 0.3 is 0 Å². The van der Waals surface area contributed by atoms with Crippen LogP contribution in [0.4, 0.5) is 0 Å². The van der Waals surface area contributed by atoms with E-state index in [1.807, 2.05) is 24.3 Å². The zero-order valence-corrected chi connectivity index (χ0v) is 15.5. The van der Waals surface area contributed by atoms with Gasteiger partial charge in [0.05, 0.1) is 14.2 Å². The summed E-state index contributed by atoms with van der Waals surface area (Å²) < 4.78 is 37.9. The van der Waals surface area contributed by atoms with E-state index in [1.54, 1.807) is 19.2 Å². The molecule has 0 N–H and O–H groups in total. The van der Waals surface area contributed by atoms with Gasteiger partial charge in [-0.2, -0.15) is 4.31 Å². The molecule has 124 valence electrons. The molecule has 0 spiro atoms. The zero-order valence-electron chi connectivity index (χ0n) is 13.1. The van der Waals surface area contributed by atoms with E-state index in [4.69, 9.17) is 9.47 Å². The Kier molecular flexibility index (Phi) is 5.67. The number of nitrogens with zero attached hydrogens (tertiary/aromatic N) is 1. The number of hydrogen-bond acceptors (Lipinski definition) is 4. The number of halogens is 1. The van der Waals surface area contributed by atoms with Gasteiger partial charge in [0.2, 0.25) is 10.0 Å². The summed E-state index contributed by atoms with van der Waals surface area (Å²) in [6.45, 7) is 0.231. The molecule has 0 fully saturated rings. The second kappa shape index (κ2) is 7.33. The molecule has 0 heterocycles. The molecule has 7 heteroatoms. The van der Waals surface area contributed by atoms with E-state index in [0.717, 1.165) is 5.56 Å². The molecule has 2 aromatic carbocycles. The van der Waals surface area contributed by atoms with Crippen molar-refractivity contribution in [2.45, 2.75) is 11.4 Å². The number of rotatable bonds is 6. The van der Waals surface area contributed by atoms with E-state index in [0.29, 0.717) is 16.0 Å². The Morgan fingerprint density at radius 1 is 1.09 bits per heavy atom. The first-order valence-corrected chi connectivity index (χ1v) is 9.04. The lowest BCUT2D eigenvalue weighted by Crippen LogP contribution is -2.27. The predicted molar refractivity (Wildman–Crippen MR) is 92.3 cm³/mol. The quantitative estimate of drug-likeness (QED) is 0.747. The van der Waals surface area contributed by atoms with Crippen LogP contribution in [0.1, 0.15) is 5.56 Å². The van der Waals surface area contributed by atoms with Crippen molar-refractivity contribution in [2.24, 2.45) is 0 Å². The minimum Gasteiger partial charge on any atom is -0.497 e. The van der Waals surface area contributed by atoms with Crippen LogP contribution < -0.4 is 9.47 Å². The van der Waals surface area contributed by atoms with E-state index >= 15 is 0 Å². The molecule has 0 saturated heterocycles. The summed E-state index contributed by atoms with van der Waals surface area (Å²) in [6, 6.07) is 12.2. The minimum atomic E-state index is -3.68. The van der Waals surface area contributed by atoms with Crippen molar-refractivity contribution in [3.63, 3.8) is 0 Å². The molecule has 2 rings (SSSR count). The number of hydrogen-bond donors (Lipinski definition) is 0. The van der Waals surface area contributed by atoms with Crippen LogP contribution in [0.2, 0.25) is 0 Å². The third-order valence-corrected chi connectivity index (χ3v) is 5.67. The van der Waals surface area contributed by atoms with Crippen LogP contribution in [0.5, 0.6) is 11.5 Å². The van der Waals surface area contributed by atoms with E-state index in [2.05, 4.69) is 15.9 Å². The zero-order chi connectivity index (χ0) is 17.0. The number of benzene rings is 2. The number of sulfonamides is 1. The lowest BCUT2D eigenvalue weighted by atomic mass is 10.2. The Balaban J connectivity index is 2.33. The Morgan fingerprint density at radius 3 is 2.48 bits per heavy atom. The molecule has 0 aromatic heterocycles. The molecule has 0 aliphatic heterocycles. The first-order valence-electron chi connectivity index (χ1n) is 6.81. The fraction of sp³-hybridized carbons (Fsp3) is 0.250. The molecule has 0 radical (unpaired) electrons. The van der Waals surface area contributed by atoms with Gasteiger partial charge in [0.15, 0.2) is 0 Å². The summed E-state index contributed by atoms with van der Waals surface area (Å²) in [7, 11) is 0.876. The van der Waals surface area contributed by atoms with Crippen molar-refractivity contribution in [2.75, 3.05) is 21.3 Å². The Morgan fingerprint density at radius 2 is 1.83 bits per heavy atom. The van der Waals surface area contributed by atoms with Gasteiger partial charge in [-0.3, -0.25) is 0 Å². The summed E-state index contributed by atoms with van der Waals surface area (Å²) in [4.78, 5) is 0.125. The fourth-order valence-electron chi connectivity index (χ4n) is 2.13. The normalized spacial score (nSPS) is 11.5. The molecule has 0 aliphatic carbocycles. The number of ether oxygens (including phenoxy) is 2. The largest absolute Gasteiger partial charge is 0.497 e. The standard InChI is InChI=1S/C16H18BrNO4S/c1-18(11-12-5-4-6-14(9-12)21-2)23(19,20)16-10-13(17)7-8-15(16)22-3/h4-10H,11H2,1-3H3. The van der Waals surface area contributed by atoms with Crippen molar-refractivity contribution in [1.82, 2.24) is 4.31 Å². The molecule has 0 atom stereocenters. The molecular formula is C16H18BrNO4S. The number of methoxy groups -OCH3 is 2.